The Labute approximate surface area is 135 Å². The number of nitrogens with zero attached hydrogens (tertiary/aromatic N) is 4. The number of nitrogens with one attached hydrogen (secondary N) is 1. The lowest BCUT2D eigenvalue weighted by Gasteiger charge is -2.32. The molecule has 0 spiro atoms. The minimum atomic E-state index is 0.0363. The van der Waals surface area contributed by atoms with Crippen molar-refractivity contribution in [3.8, 4) is 0 Å². The van der Waals surface area contributed by atoms with Crippen molar-refractivity contribution >= 4 is 5.91 Å². The lowest BCUT2D eigenvalue weighted by atomic mass is 9.92. The van der Waals surface area contributed by atoms with E-state index in [4.69, 9.17) is 0 Å². The van der Waals surface area contributed by atoms with Gasteiger partial charge in [0.2, 0.25) is 0 Å². The highest BCUT2D eigenvalue weighted by molar-refractivity contribution is 5.93. The summed E-state index contributed by atoms with van der Waals surface area (Å²) in [6, 6.07) is 0. The van der Waals surface area contributed by atoms with Gasteiger partial charge in [-0.25, -0.2) is 9.97 Å². The molecule has 1 saturated heterocycles. The number of aryl methyl sites for hydroxylation is 1. The largest absolute Gasteiger partial charge is 0.338 e. The summed E-state index contributed by atoms with van der Waals surface area (Å²) in [5.41, 5.74) is 2.92. The van der Waals surface area contributed by atoms with Crippen molar-refractivity contribution in [1.82, 2.24) is 25.1 Å². The molecule has 6 heteroatoms. The van der Waals surface area contributed by atoms with Crippen LogP contribution in [0.25, 0.3) is 0 Å². The number of hydrogen-bond acceptors (Lipinski definition) is 4. The summed E-state index contributed by atoms with van der Waals surface area (Å²) in [5, 5.41) is 7.20. The Hall–Kier alpha value is -2.24. The minimum absolute atomic E-state index is 0.0363. The van der Waals surface area contributed by atoms with Gasteiger partial charge in [-0.1, -0.05) is 0 Å². The summed E-state index contributed by atoms with van der Waals surface area (Å²) in [5.74, 6) is 1.77. The van der Waals surface area contributed by atoms with Crippen LogP contribution in [0.2, 0.25) is 0 Å². The van der Waals surface area contributed by atoms with Crippen LogP contribution in [0.1, 0.15) is 65.0 Å². The zero-order chi connectivity index (χ0) is 15.8. The Bertz CT molecular complexity index is 704. The lowest BCUT2D eigenvalue weighted by molar-refractivity contribution is 0.0704. The molecule has 0 aromatic carbocycles. The van der Waals surface area contributed by atoms with Gasteiger partial charge in [-0.05, 0) is 38.2 Å². The molecule has 1 amide bonds. The van der Waals surface area contributed by atoms with Crippen molar-refractivity contribution in [2.75, 3.05) is 13.1 Å². The summed E-state index contributed by atoms with van der Waals surface area (Å²) in [7, 11) is 0. The Morgan fingerprint density at radius 3 is 2.61 bits per heavy atom. The molecule has 0 bridgehead atoms. The molecule has 2 aromatic rings. The van der Waals surface area contributed by atoms with Crippen LogP contribution in [0.4, 0.5) is 0 Å². The van der Waals surface area contributed by atoms with Crippen LogP contribution in [0, 0.1) is 6.92 Å². The molecule has 4 rings (SSSR count). The van der Waals surface area contributed by atoms with Gasteiger partial charge in [0.05, 0.1) is 11.8 Å². The van der Waals surface area contributed by atoms with Gasteiger partial charge in [-0.15, -0.1) is 0 Å². The molecule has 1 atom stereocenters. The molecule has 2 fully saturated rings. The van der Waals surface area contributed by atoms with Crippen LogP contribution in [0.3, 0.4) is 0 Å². The molecule has 6 nitrogen and oxygen atoms in total. The van der Waals surface area contributed by atoms with Crippen molar-refractivity contribution in [3.63, 3.8) is 0 Å². The number of likely N-dealkylation sites (tertiary alicyclic amines) is 1. The second-order valence-electron chi connectivity index (χ2n) is 6.66. The van der Waals surface area contributed by atoms with E-state index in [9.17, 15) is 4.79 Å². The van der Waals surface area contributed by atoms with E-state index in [1.807, 2.05) is 11.1 Å². The maximum atomic E-state index is 12.7. The summed E-state index contributed by atoms with van der Waals surface area (Å²) in [6.07, 6.45) is 9.66. The second-order valence-corrected chi connectivity index (χ2v) is 6.66. The van der Waals surface area contributed by atoms with Gasteiger partial charge in [-0.3, -0.25) is 9.89 Å². The fourth-order valence-corrected chi connectivity index (χ4v) is 3.35. The number of carbonyl (C=O) groups is 1. The van der Waals surface area contributed by atoms with Gasteiger partial charge in [0, 0.05) is 43.0 Å². The zero-order valence-corrected chi connectivity index (χ0v) is 13.3. The molecule has 2 aromatic heterocycles. The topological polar surface area (TPSA) is 74.8 Å². The van der Waals surface area contributed by atoms with Crippen LogP contribution in [0.15, 0.2) is 18.6 Å². The van der Waals surface area contributed by atoms with Crippen LogP contribution < -0.4 is 0 Å². The second kappa shape index (κ2) is 5.76. The molecule has 1 aliphatic heterocycles. The Kier molecular flexibility index (Phi) is 3.59. The first-order chi connectivity index (χ1) is 11.2. The zero-order valence-electron chi connectivity index (χ0n) is 13.3. The molecule has 3 heterocycles. The Morgan fingerprint density at radius 2 is 1.96 bits per heavy atom. The highest BCUT2D eigenvalue weighted by atomic mass is 16.2. The molecule has 23 heavy (non-hydrogen) atoms. The summed E-state index contributed by atoms with van der Waals surface area (Å²) >= 11 is 0. The van der Waals surface area contributed by atoms with Crippen molar-refractivity contribution < 1.29 is 4.79 Å². The van der Waals surface area contributed by atoms with E-state index in [1.165, 1.54) is 18.4 Å². The molecule has 1 aliphatic carbocycles. The standard InChI is InChI=1S/C17H21N5O/c1-11-7-20-21-15(11)13-3-2-6-22(10-13)17(23)14-8-18-16(19-9-14)12-4-5-12/h7-9,12-13H,2-6,10H2,1H3,(H,20,21). The van der Waals surface area contributed by atoms with Gasteiger partial charge in [0.15, 0.2) is 0 Å². The third-order valence-corrected chi connectivity index (χ3v) is 4.85. The van der Waals surface area contributed by atoms with Crippen molar-refractivity contribution in [3.05, 3.63) is 41.2 Å². The van der Waals surface area contributed by atoms with E-state index < -0.39 is 0 Å². The minimum Gasteiger partial charge on any atom is -0.338 e. The molecule has 120 valence electrons. The Morgan fingerprint density at radius 1 is 1.17 bits per heavy atom. The van der Waals surface area contributed by atoms with Gasteiger partial charge in [-0.2, -0.15) is 5.10 Å². The summed E-state index contributed by atoms with van der Waals surface area (Å²) < 4.78 is 0. The lowest BCUT2D eigenvalue weighted by Crippen LogP contribution is -2.39. The fourth-order valence-electron chi connectivity index (χ4n) is 3.35. The third kappa shape index (κ3) is 2.85. The normalized spacial score (nSPS) is 21.4. The SMILES string of the molecule is Cc1cn[nH]c1C1CCCN(C(=O)c2cnc(C3CC3)nc2)C1. The van der Waals surface area contributed by atoms with Gasteiger partial charge in [0.1, 0.15) is 5.82 Å². The first-order valence-electron chi connectivity index (χ1n) is 8.33. The summed E-state index contributed by atoms with van der Waals surface area (Å²) in [4.78, 5) is 23.4. The van der Waals surface area contributed by atoms with Crippen LogP contribution in [-0.4, -0.2) is 44.1 Å². The maximum absolute atomic E-state index is 12.7. The van der Waals surface area contributed by atoms with E-state index in [0.717, 1.165) is 37.4 Å². The first-order valence-corrected chi connectivity index (χ1v) is 8.33. The number of hydrogen-bond donors (Lipinski definition) is 1. The quantitative estimate of drug-likeness (QED) is 0.944. The number of rotatable bonds is 3. The van der Waals surface area contributed by atoms with E-state index in [-0.39, 0.29) is 5.91 Å². The van der Waals surface area contributed by atoms with Crippen molar-refractivity contribution in [2.24, 2.45) is 0 Å². The predicted molar refractivity (Wildman–Crippen MR) is 85.2 cm³/mol. The number of H-pyrrole nitrogens is 1. The molecular weight excluding hydrogens is 290 g/mol. The molecule has 1 saturated carbocycles. The molecule has 1 N–H and O–H groups in total. The van der Waals surface area contributed by atoms with Crippen LogP contribution in [0.5, 0.6) is 0 Å². The Balaban J connectivity index is 1.48. The molecule has 0 radical (unpaired) electrons. The molecule has 1 unspecified atom stereocenters. The van der Waals surface area contributed by atoms with Crippen molar-refractivity contribution in [1.29, 1.82) is 0 Å². The predicted octanol–water partition coefficient (Wildman–Crippen LogP) is 2.41. The van der Waals surface area contributed by atoms with Gasteiger partial charge < -0.3 is 4.90 Å². The fraction of sp³-hybridized carbons (Fsp3) is 0.529. The smallest absolute Gasteiger partial charge is 0.257 e. The molecule has 2 aliphatic rings. The van der Waals surface area contributed by atoms with E-state index in [2.05, 4.69) is 27.1 Å². The van der Waals surface area contributed by atoms with Gasteiger partial charge >= 0.3 is 0 Å². The van der Waals surface area contributed by atoms with Crippen LogP contribution >= 0.6 is 0 Å². The first kappa shape index (κ1) is 14.4. The maximum Gasteiger partial charge on any atom is 0.257 e. The highest BCUT2D eigenvalue weighted by Crippen LogP contribution is 2.37. The van der Waals surface area contributed by atoms with E-state index >= 15 is 0 Å². The number of amides is 1. The van der Waals surface area contributed by atoms with Crippen molar-refractivity contribution in [2.45, 2.75) is 44.4 Å². The number of aromatic amines is 1. The molecular formula is C17H21N5O. The van der Waals surface area contributed by atoms with E-state index in [0.29, 0.717) is 17.4 Å². The van der Waals surface area contributed by atoms with Gasteiger partial charge in [0.25, 0.3) is 5.91 Å². The monoisotopic (exact) mass is 311 g/mol. The highest BCUT2D eigenvalue weighted by Gasteiger charge is 2.29. The number of carbonyl (C=O) groups excluding carboxylic acids is 1. The summed E-state index contributed by atoms with van der Waals surface area (Å²) in [6.45, 7) is 3.59. The number of aromatic nitrogens is 4. The van der Waals surface area contributed by atoms with E-state index in [1.54, 1.807) is 12.4 Å². The average Bonchev–Trinajstić information content (AvgIpc) is 3.36. The van der Waals surface area contributed by atoms with Crippen LogP contribution in [-0.2, 0) is 0 Å². The average molecular weight is 311 g/mol. The number of piperidine rings is 1. The third-order valence-electron chi connectivity index (χ3n) is 4.85.